The van der Waals surface area contributed by atoms with E-state index in [0.717, 1.165) is 43.8 Å². The zero-order chi connectivity index (χ0) is 20.4. The van der Waals surface area contributed by atoms with Gasteiger partial charge in [-0.2, -0.15) is 0 Å². The van der Waals surface area contributed by atoms with Crippen LogP contribution in [-0.2, 0) is 4.79 Å². The third-order valence-corrected chi connectivity index (χ3v) is 5.90. The number of amides is 2. The number of aromatic nitrogens is 1. The number of nitrogens with one attached hydrogen (secondary N) is 1. The summed E-state index contributed by atoms with van der Waals surface area (Å²) >= 11 is 0. The number of para-hydroxylation sites is 1. The maximum atomic E-state index is 12.8. The highest BCUT2D eigenvalue weighted by atomic mass is 16.5. The Morgan fingerprint density at radius 3 is 2.72 bits per heavy atom. The van der Waals surface area contributed by atoms with Crippen molar-refractivity contribution in [3.8, 4) is 0 Å². The van der Waals surface area contributed by atoms with Crippen LogP contribution < -0.4 is 10.2 Å². The van der Waals surface area contributed by atoms with Crippen molar-refractivity contribution in [1.82, 2.24) is 15.4 Å². The van der Waals surface area contributed by atoms with Crippen molar-refractivity contribution in [1.29, 1.82) is 0 Å². The lowest BCUT2D eigenvalue weighted by Gasteiger charge is -2.25. The van der Waals surface area contributed by atoms with Gasteiger partial charge in [-0.05, 0) is 38.8 Å². The highest BCUT2D eigenvalue weighted by molar-refractivity contribution is 5.92. The molecule has 2 amide bonds. The Balaban J connectivity index is 1.46. The molecule has 1 saturated carbocycles. The molecule has 1 saturated heterocycles. The standard InChI is InChI=1S/C22H28N4O3/c1-15(2)25-11-17(12-26(14-27)18-6-4-3-5-7-18)20(13-25)23-22(28)19-10-21(29-24-19)16-8-9-16/h3-7,10,14-17,20H,8-9,11-13H2,1-2H3,(H,23,28). The number of benzene rings is 1. The fourth-order valence-electron chi connectivity index (χ4n) is 3.96. The molecule has 29 heavy (non-hydrogen) atoms. The summed E-state index contributed by atoms with van der Waals surface area (Å²) in [5, 5.41) is 7.09. The normalized spacial score (nSPS) is 22.0. The molecule has 1 aromatic carbocycles. The zero-order valence-electron chi connectivity index (χ0n) is 17.0. The highest BCUT2D eigenvalue weighted by Crippen LogP contribution is 2.40. The van der Waals surface area contributed by atoms with Crippen LogP contribution in [0.25, 0.3) is 0 Å². The van der Waals surface area contributed by atoms with E-state index in [1.54, 1.807) is 11.0 Å². The van der Waals surface area contributed by atoms with Crippen LogP contribution in [0.3, 0.4) is 0 Å². The molecule has 0 bridgehead atoms. The van der Waals surface area contributed by atoms with Crippen LogP contribution in [0, 0.1) is 5.92 Å². The Bertz CT molecular complexity index is 847. The largest absolute Gasteiger partial charge is 0.360 e. The highest BCUT2D eigenvalue weighted by Gasteiger charge is 2.37. The molecule has 4 rings (SSSR count). The molecule has 1 aromatic heterocycles. The number of nitrogens with zero attached hydrogens (tertiary/aromatic N) is 3. The van der Waals surface area contributed by atoms with E-state index in [2.05, 4.69) is 29.2 Å². The van der Waals surface area contributed by atoms with Crippen molar-refractivity contribution in [2.75, 3.05) is 24.5 Å². The average molecular weight is 396 g/mol. The van der Waals surface area contributed by atoms with Crippen LogP contribution in [0.5, 0.6) is 0 Å². The fraction of sp³-hybridized carbons (Fsp3) is 0.500. The molecule has 2 unspecified atom stereocenters. The van der Waals surface area contributed by atoms with Gasteiger partial charge in [0.1, 0.15) is 5.76 Å². The number of carbonyl (C=O) groups excluding carboxylic acids is 2. The van der Waals surface area contributed by atoms with Gasteiger partial charge in [0.15, 0.2) is 5.69 Å². The zero-order valence-corrected chi connectivity index (χ0v) is 17.0. The van der Waals surface area contributed by atoms with E-state index in [1.807, 2.05) is 30.3 Å². The molecular weight excluding hydrogens is 368 g/mol. The summed E-state index contributed by atoms with van der Waals surface area (Å²) in [7, 11) is 0. The van der Waals surface area contributed by atoms with Gasteiger partial charge in [0.2, 0.25) is 6.41 Å². The molecule has 2 aliphatic rings. The van der Waals surface area contributed by atoms with Crippen molar-refractivity contribution in [3.05, 3.63) is 47.9 Å². The van der Waals surface area contributed by atoms with E-state index in [1.165, 1.54) is 0 Å². The Hall–Kier alpha value is -2.67. The monoisotopic (exact) mass is 396 g/mol. The van der Waals surface area contributed by atoms with Crippen molar-refractivity contribution >= 4 is 18.0 Å². The average Bonchev–Trinajstić information content (AvgIpc) is 3.31. The summed E-state index contributed by atoms with van der Waals surface area (Å²) < 4.78 is 5.32. The van der Waals surface area contributed by atoms with Crippen molar-refractivity contribution in [2.24, 2.45) is 5.92 Å². The van der Waals surface area contributed by atoms with Gasteiger partial charge in [0.25, 0.3) is 5.91 Å². The van der Waals surface area contributed by atoms with Crippen molar-refractivity contribution < 1.29 is 14.1 Å². The summed E-state index contributed by atoms with van der Waals surface area (Å²) in [5.41, 5.74) is 1.20. The fourth-order valence-corrected chi connectivity index (χ4v) is 3.96. The first-order valence-corrected chi connectivity index (χ1v) is 10.3. The van der Waals surface area contributed by atoms with Gasteiger partial charge in [-0.1, -0.05) is 23.4 Å². The van der Waals surface area contributed by atoms with Crippen LogP contribution in [0.2, 0.25) is 0 Å². The maximum Gasteiger partial charge on any atom is 0.273 e. The van der Waals surface area contributed by atoms with Gasteiger partial charge in [0, 0.05) is 55.3 Å². The molecule has 1 aliphatic heterocycles. The van der Waals surface area contributed by atoms with Crippen LogP contribution >= 0.6 is 0 Å². The molecule has 1 N–H and O–H groups in total. The lowest BCUT2D eigenvalue weighted by atomic mass is 10.0. The second-order valence-corrected chi connectivity index (χ2v) is 8.37. The molecular formula is C22H28N4O3. The first kappa shape index (κ1) is 19.6. The Morgan fingerprint density at radius 1 is 1.31 bits per heavy atom. The summed E-state index contributed by atoms with van der Waals surface area (Å²) in [6.45, 7) is 6.42. The quantitative estimate of drug-likeness (QED) is 0.694. The molecule has 0 spiro atoms. The predicted molar refractivity (Wildman–Crippen MR) is 110 cm³/mol. The summed E-state index contributed by atoms with van der Waals surface area (Å²) in [5.74, 6) is 1.14. The number of likely N-dealkylation sites (tertiary alicyclic amines) is 1. The molecule has 2 fully saturated rings. The van der Waals surface area contributed by atoms with Gasteiger partial charge < -0.3 is 14.7 Å². The SMILES string of the molecule is CC(C)N1CC(CN(C=O)c2ccccc2)C(NC(=O)c2cc(C3CC3)on2)C1. The second kappa shape index (κ2) is 8.37. The van der Waals surface area contributed by atoms with Gasteiger partial charge in [0.05, 0.1) is 0 Å². The Kier molecular flexibility index (Phi) is 5.67. The lowest BCUT2D eigenvalue weighted by Crippen LogP contribution is -2.44. The summed E-state index contributed by atoms with van der Waals surface area (Å²) in [4.78, 5) is 28.6. The summed E-state index contributed by atoms with van der Waals surface area (Å²) in [6, 6.07) is 11.7. The minimum absolute atomic E-state index is 0.0582. The van der Waals surface area contributed by atoms with Gasteiger partial charge in [-0.3, -0.25) is 14.5 Å². The molecule has 2 aromatic rings. The third kappa shape index (κ3) is 4.50. The molecule has 0 radical (unpaired) electrons. The van der Waals surface area contributed by atoms with E-state index >= 15 is 0 Å². The molecule has 2 atom stereocenters. The van der Waals surface area contributed by atoms with E-state index in [9.17, 15) is 9.59 Å². The molecule has 154 valence electrons. The number of hydrogen-bond donors (Lipinski definition) is 1. The molecule has 1 aliphatic carbocycles. The van der Waals surface area contributed by atoms with Crippen LogP contribution in [0.1, 0.15) is 48.9 Å². The van der Waals surface area contributed by atoms with Crippen LogP contribution in [0.15, 0.2) is 40.9 Å². The third-order valence-electron chi connectivity index (χ3n) is 5.90. The minimum atomic E-state index is -0.210. The first-order chi connectivity index (χ1) is 14.0. The number of anilines is 1. The number of rotatable bonds is 8. The topological polar surface area (TPSA) is 78.7 Å². The molecule has 7 heteroatoms. The summed E-state index contributed by atoms with van der Waals surface area (Å²) in [6.07, 6.45) is 3.07. The molecule has 7 nitrogen and oxygen atoms in total. The second-order valence-electron chi connectivity index (χ2n) is 8.37. The maximum absolute atomic E-state index is 12.8. The molecule has 2 heterocycles. The van der Waals surface area contributed by atoms with Gasteiger partial charge in [-0.15, -0.1) is 0 Å². The minimum Gasteiger partial charge on any atom is -0.360 e. The Labute approximate surface area is 171 Å². The van der Waals surface area contributed by atoms with E-state index in [4.69, 9.17) is 4.52 Å². The van der Waals surface area contributed by atoms with Crippen molar-refractivity contribution in [2.45, 2.75) is 44.7 Å². The lowest BCUT2D eigenvalue weighted by molar-refractivity contribution is -0.107. The van der Waals surface area contributed by atoms with Gasteiger partial charge >= 0.3 is 0 Å². The van der Waals surface area contributed by atoms with E-state index < -0.39 is 0 Å². The first-order valence-electron chi connectivity index (χ1n) is 10.3. The van der Waals surface area contributed by atoms with E-state index in [0.29, 0.717) is 24.2 Å². The van der Waals surface area contributed by atoms with Crippen LogP contribution in [-0.4, -0.2) is 54.1 Å². The Morgan fingerprint density at radius 2 is 2.07 bits per heavy atom. The smallest absolute Gasteiger partial charge is 0.273 e. The number of carbonyl (C=O) groups is 2. The number of hydrogen-bond acceptors (Lipinski definition) is 5. The van der Waals surface area contributed by atoms with Crippen molar-refractivity contribution in [3.63, 3.8) is 0 Å². The predicted octanol–water partition coefficient (Wildman–Crippen LogP) is 2.65. The van der Waals surface area contributed by atoms with Gasteiger partial charge in [-0.25, -0.2) is 0 Å². The van der Waals surface area contributed by atoms with E-state index in [-0.39, 0.29) is 17.9 Å². The van der Waals surface area contributed by atoms with Crippen LogP contribution in [0.4, 0.5) is 5.69 Å².